The van der Waals surface area contributed by atoms with Crippen molar-refractivity contribution in [1.82, 2.24) is 19.1 Å². The van der Waals surface area contributed by atoms with E-state index in [9.17, 15) is 5.26 Å². The summed E-state index contributed by atoms with van der Waals surface area (Å²) in [5.41, 5.74) is 13.5. The van der Waals surface area contributed by atoms with Crippen LogP contribution >= 0.6 is 0 Å². The van der Waals surface area contributed by atoms with Crippen LogP contribution in [0.1, 0.15) is 17.0 Å². The molecule has 0 N–H and O–H groups in total. The average molecular weight is 692 g/mol. The Morgan fingerprint density at radius 3 is 1.31 bits per heavy atom. The van der Waals surface area contributed by atoms with Crippen LogP contribution in [0.2, 0.25) is 0 Å². The zero-order valence-electron chi connectivity index (χ0n) is 29.8. The van der Waals surface area contributed by atoms with Crippen molar-refractivity contribution in [2.45, 2.75) is 13.8 Å². The molecule has 7 aromatic carbocycles. The lowest BCUT2D eigenvalue weighted by Gasteiger charge is -2.20. The van der Waals surface area contributed by atoms with E-state index in [1.807, 2.05) is 44.2 Å². The highest BCUT2D eigenvalue weighted by atomic mass is 15.0. The summed E-state index contributed by atoms with van der Waals surface area (Å²) in [5.74, 6) is 0.609. The monoisotopic (exact) mass is 691 g/mol. The Hall–Kier alpha value is -7.29. The normalized spacial score (nSPS) is 11.5. The van der Waals surface area contributed by atoms with Crippen molar-refractivity contribution in [1.29, 1.82) is 5.26 Å². The number of para-hydroxylation sites is 2. The van der Waals surface area contributed by atoms with E-state index in [1.165, 1.54) is 0 Å². The number of aromatic nitrogens is 4. The van der Waals surface area contributed by atoms with E-state index in [0.717, 1.165) is 94.2 Å². The van der Waals surface area contributed by atoms with Crippen LogP contribution < -0.4 is 0 Å². The van der Waals surface area contributed by atoms with Crippen molar-refractivity contribution in [3.05, 3.63) is 181 Å². The molecule has 10 rings (SSSR count). The van der Waals surface area contributed by atoms with Gasteiger partial charge in [0.2, 0.25) is 0 Å². The van der Waals surface area contributed by atoms with Crippen LogP contribution in [0.4, 0.5) is 0 Å². The van der Waals surface area contributed by atoms with Gasteiger partial charge in [-0.15, -0.1) is 0 Å². The lowest BCUT2D eigenvalue weighted by molar-refractivity contribution is 1.04. The number of rotatable bonds is 5. The molecule has 0 atom stereocenters. The molecule has 0 unspecified atom stereocenters. The predicted octanol–water partition coefficient (Wildman–Crippen LogP) is 12.2. The van der Waals surface area contributed by atoms with Crippen molar-refractivity contribution < 1.29 is 0 Å². The minimum atomic E-state index is 0.545. The molecule has 54 heavy (non-hydrogen) atoms. The molecule has 0 spiro atoms. The van der Waals surface area contributed by atoms with Gasteiger partial charge >= 0.3 is 0 Å². The largest absolute Gasteiger partial charge is 0.308 e. The van der Waals surface area contributed by atoms with Gasteiger partial charge in [-0.3, -0.25) is 0 Å². The fraction of sp³-hybridized carbons (Fsp3) is 0.0408. The molecular formula is C49H33N5. The summed E-state index contributed by atoms with van der Waals surface area (Å²) in [7, 11) is 0. The predicted molar refractivity (Wildman–Crippen MR) is 221 cm³/mol. The van der Waals surface area contributed by atoms with Crippen molar-refractivity contribution in [2.24, 2.45) is 0 Å². The molecule has 0 aliphatic rings. The van der Waals surface area contributed by atoms with Gasteiger partial charge in [0.15, 0.2) is 5.82 Å². The highest BCUT2D eigenvalue weighted by Crippen LogP contribution is 2.43. The Morgan fingerprint density at radius 2 is 0.852 bits per heavy atom. The van der Waals surface area contributed by atoms with E-state index in [2.05, 4.69) is 149 Å². The molecule has 0 fully saturated rings. The van der Waals surface area contributed by atoms with Crippen LogP contribution in [0.25, 0.3) is 88.6 Å². The Kier molecular flexibility index (Phi) is 7.24. The molecule has 0 bridgehead atoms. The molecule has 0 aliphatic heterocycles. The molecule has 0 amide bonds. The second-order valence-corrected chi connectivity index (χ2v) is 13.9. The van der Waals surface area contributed by atoms with Crippen molar-refractivity contribution in [2.75, 3.05) is 0 Å². The third-order valence-electron chi connectivity index (χ3n) is 10.5. The number of fused-ring (bicyclic) bond motifs is 6. The second kappa shape index (κ2) is 12.4. The zero-order chi connectivity index (χ0) is 36.3. The first-order valence-electron chi connectivity index (χ1n) is 18.1. The Morgan fingerprint density at radius 1 is 0.426 bits per heavy atom. The van der Waals surface area contributed by atoms with Gasteiger partial charge < -0.3 is 9.13 Å². The summed E-state index contributed by atoms with van der Waals surface area (Å²) in [6, 6.07) is 59.9. The summed E-state index contributed by atoms with van der Waals surface area (Å²) < 4.78 is 4.61. The van der Waals surface area contributed by atoms with Crippen LogP contribution in [-0.2, 0) is 0 Å². The Bertz CT molecular complexity index is 2930. The molecule has 10 aromatic rings. The lowest BCUT2D eigenvalue weighted by atomic mass is 10.0. The first-order valence-corrected chi connectivity index (χ1v) is 18.1. The number of hydrogen-bond donors (Lipinski definition) is 0. The first kappa shape index (κ1) is 31.4. The van der Waals surface area contributed by atoms with Gasteiger partial charge in [-0.2, -0.15) is 5.26 Å². The molecule has 0 saturated heterocycles. The Labute approximate surface area is 312 Å². The van der Waals surface area contributed by atoms with Crippen molar-refractivity contribution in [3.63, 3.8) is 0 Å². The van der Waals surface area contributed by atoms with Gasteiger partial charge in [0, 0.05) is 32.9 Å². The maximum absolute atomic E-state index is 10.8. The highest BCUT2D eigenvalue weighted by Gasteiger charge is 2.25. The third kappa shape index (κ3) is 5.00. The third-order valence-corrected chi connectivity index (χ3v) is 10.5. The SMILES string of the molecule is Cc1cc(C)nc(-c2c(-n3c4ccccc4c4ccc(-c5ccccc5)cc43)cc(C#N)cc2-n2c3ccccc3c3ccc(-c4ccccc4)cc32)n1. The zero-order valence-corrected chi connectivity index (χ0v) is 29.8. The van der Waals surface area contributed by atoms with E-state index >= 15 is 0 Å². The smallest absolute Gasteiger partial charge is 0.163 e. The van der Waals surface area contributed by atoms with E-state index in [1.54, 1.807) is 0 Å². The molecule has 5 nitrogen and oxygen atoms in total. The number of benzene rings is 7. The fourth-order valence-corrected chi connectivity index (χ4v) is 8.18. The van der Waals surface area contributed by atoms with Crippen molar-refractivity contribution in [3.8, 4) is 51.1 Å². The molecule has 3 aromatic heterocycles. The van der Waals surface area contributed by atoms with E-state index in [0.29, 0.717) is 11.4 Å². The molecule has 3 heterocycles. The summed E-state index contributed by atoms with van der Waals surface area (Å²) >= 11 is 0. The number of nitrogens with zero attached hydrogens (tertiary/aromatic N) is 5. The van der Waals surface area contributed by atoms with E-state index < -0.39 is 0 Å². The topological polar surface area (TPSA) is 59.4 Å². The van der Waals surface area contributed by atoms with Crippen LogP contribution in [-0.4, -0.2) is 19.1 Å². The maximum Gasteiger partial charge on any atom is 0.163 e. The van der Waals surface area contributed by atoms with Crippen LogP contribution in [0.3, 0.4) is 0 Å². The summed E-state index contributed by atoms with van der Waals surface area (Å²) in [4.78, 5) is 10.3. The molecule has 0 radical (unpaired) electrons. The molecule has 254 valence electrons. The molecule has 0 saturated carbocycles. The number of aryl methyl sites for hydroxylation is 2. The number of nitriles is 1. The lowest BCUT2D eigenvalue weighted by Crippen LogP contribution is -2.07. The van der Waals surface area contributed by atoms with Gasteiger partial charge in [-0.25, -0.2) is 9.97 Å². The maximum atomic E-state index is 10.8. The number of hydrogen-bond acceptors (Lipinski definition) is 3. The van der Waals surface area contributed by atoms with E-state index in [-0.39, 0.29) is 0 Å². The fourth-order valence-electron chi connectivity index (χ4n) is 8.18. The standard InChI is InChI=1S/C49H33N5/c1-31-25-32(2)52-49(51-31)48-46(53-42-19-11-9-17-38(42)40-23-21-36(28-44(40)53)34-13-5-3-6-14-34)26-33(30-50)27-47(48)54-43-20-12-10-18-39(43)41-24-22-37(29-45(41)54)35-15-7-4-8-16-35/h3-29H,1-2H3. The van der Waals surface area contributed by atoms with E-state index in [4.69, 9.17) is 9.97 Å². The van der Waals surface area contributed by atoms with Gasteiger partial charge in [-0.05, 0) is 78.6 Å². The van der Waals surface area contributed by atoms with Gasteiger partial charge in [0.05, 0.1) is 50.6 Å². The van der Waals surface area contributed by atoms with Gasteiger partial charge in [0.25, 0.3) is 0 Å². The quantitative estimate of drug-likeness (QED) is 0.180. The molecule has 5 heteroatoms. The molecular weight excluding hydrogens is 659 g/mol. The minimum Gasteiger partial charge on any atom is -0.308 e. The minimum absolute atomic E-state index is 0.545. The summed E-state index contributed by atoms with van der Waals surface area (Å²) in [6.45, 7) is 4.03. The Balaban J connectivity index is 1.38. The molecule has 0 aliphatic carbocycles. The summed E-state index contributed by atoms with van der Waals surface area (Å²) in [6.07, 6.45) is 0. The first-order chi connectivity index (χ1) is 26.6. The van der Waals surface area contributed by atoms with Crippen LogP contribution in [0.5, 0.6) is 0 Å². The van der Waals surface area contributed by atoms with Crippen molar-refractivity contribution >= 4 is 43.6 Å². The van der Waals surface area contributed by atoms with Gasteiger partial charge in [-0.1, -0.05) is 121 Å². The van der Waals surface area contributed by atoms with Gasteiger partial charge in [0.1, 0.15) is 0 Å². The summed E-state index contributed by atoms with van der Waals surface area (Å²) in [5, 5.41) is 15.3. The highest BCUT2D eigenvalue weighted by molar-refractivity contribution is 6.13. The van der Waals surface area contributed by atoms with Crippen LogP contribution in [0, 0.1) is 25.2 Å². The van der Waals surface area contributed by atoms with Crippen LogP contribution in [0.15, 0.2) is 164 Å². The average Bonchev–Trinajstić information content (AvgIpc) is 3.72. The second-order valence-electron chi connectivity index (χ2n) is 13.9.